The first-order valence-electron chi connectivity index (χ1n) is 8.61. The second kappa shape index (κ2) is 7.29. The second-order valence-corrected chi connectivity index (χ2v) is 9.01. The fraction of sp³-hybridized carbons (Fsp3) is 0.250. The Hall–Kier alpha value is -2.84. The number of benzene rings is 2. The van der Waals surface area contributed by atoms with E-state index in [2.05, 4.69) is 10.0 Å². The van der Waals surface area contributed by atoms with Crippen LogP contribution >= 0.6 is 0 Å². The molecule has 2 N–H and O–H groups in total. The number of anilines is 1. The van der Waals surface area contributed by atoms with Crippen molar-refractivity contribution >= 4 is 32.6 Å². The number of carbonyl (C=O) groups is 1. The van der Waals surface area contributed by atoms with Gasteiger partial charge in [-0.1, -0.05) is 18.2 Å². The molecule has 0 aliphatic carbocycles. The number of hydrogen-bond donors (Lipinski definition) is 2. The highest BCUT2D eigenvalue weighted by molar-refractivity contribution is 7.89. The van der Waals surface area contributed by atoms with Crippen LogP contribution in [0, 0.1) is 0 Å². The maximum atomic E-state index is 12.6. The molecule has 0 aliphatic rings. The van der Waals surface area contributed by atoms with E-state index in [4.69, 9.17) is 9.15 Å². The van der Waals surface area contributed by atoms with Crippen LogP contribution in [0.15, 0.2) is 57.8 Å². The molecule has 7 nitrogen and oxygen atoms in total. The Morgan fingerprint density at radius 3 is 2.46 bits per heavy atom. The van der Waals surface area contributed by atoms with E-state index in [0.717, 1.165) is 5.39 Å². The van der Waals surface area contributed by atoms with E-state index >= 15 is 0 Å². The summed E-state index contributed by atoms with van der Waals surface area (Å²) in [6, 6.07) is 13.0. The molecule has 0 saturated heterocycles. The minimum absolute atomic E-state index is 0.0616. The fourth-order valence-electron chi connectivity index (χ4n) is 2.70. The van der Waals surface area contributed by atoms with E-state index in [0.29, 0.717) is 17.0 Å². The molecule has 0 bridgehead atoms. The molecule has 1 amide bonds. The van der Waals surface area contributed by atoms with Gasteiger partial charge in [-0.15, -0.1) is 0 Å². The maximum absolute atomic E-state index is 12.6. The number of furan rings is 1. The topological polar surface area (TPSA) is 97.6 Å². The van der Waals surface area contributed by atoms with Crippen molar-refractivity contribution in [1.82, 2.24) is 4.72 Å². The van der Waals surface area contributed by atoms with Crippen LogP contribution < -0.4 is 14.8 Å². The number of amides is 1. The summed E-state index contributed by atoms with van der Waals surface area (Å²) >= 11 is 0. The fourth-order valence-corrected chi connectivity index (χ4v) is 4.17. The maximum Gasteiger partial charge on any atom is 0.291 e. The van der Waals surface area contributed by atoms with E-state index in [1.807, 2.05) is 6.07 Å². The van der Waals surface area contributed by atoms with Crippen molar-refractivity contribution in [1.29, 1.82) is 0 Å². The van der Waals surface area contributed by atoms with Gasteiger partial charge in [-0.3, -0.25) is 4.79 Å². The van der Waals surface area contributed by atoms with Crippen molar-refractivity contribution in [2.45, 2.75) is 31.2 Å². The molecule has 28 heavy (non-hydrogen) atoms. The van der Waals surface area contributed by atoms with E-state index in [1.54, 1.807) is 51.1 Å². The molecule has 1 aromatic heterocycles. The largest absolute Gasteiger partial charge is 0.493 e. The number of rotatable bonds is 5. The summed E-state index contributed by atoms with van der Waals surface area (Å²) in [6.07, 6.45) is 0. The van der Waals surface area contributed by atoms with Gasteiger partial charge in [-0.2, -0.15) is 0 Å². The number of fused-ring (bicyclic) bond motifs is 1. The molecule has 148 valence electrons. The zero-order valence-corrected chi connectivity index (χ0v) is 16.9. The van der Waals surface area contributed by atoms with Crippen LogP contribution in [0.5, 0.6) is 5.75 Å². The van der Waals surface area contributed by atoms with Gasteiger partial charge in [0.2, 0.25) is 10.0 Å². The standard InChI is InChI=1S/C20H22N2O5S/c1-20(2,3)22-28(24,25)15-9-6-8-14(12-15)21-19(23)17-11-13-7-5-10-16(26-4)18(13)27-17/h5-12,22H,1-4H3,(H,21,23). The summed E-state index contributed by atoms with van der Waals surface area (Å²) in [5.74, 6) is 0.134. The van der Waals surface area contributed by atoms with Gasteiger partial charge in [0.1, 0.15) is 0 Å². The molecule has 3 rings (SSSR count). The van der Waals surface area contributed by atoms with E-state index < -0.39 is 21.5 Å². The van der Waals surface area contributed by atoms with Gasteiger partial charge in [0.15, 0.2) is 17.1 Å². The van der Waals surface area contributed by atoms with Gasteiger partial charge in [0.25, 0.3) is 5.91 Å². The lowest BCUT2D eigenvalue weighted by Gasteiger charge is -2.20. The first-order chi connectivity index (χ1) is 13.1. The molecule has 0 atom stereocenters. The lowest BCUT2D eigenvalue weighted by atomic mass is 10.1. The average Bonchev–Trinajstić information content (AvgIpc) is 3.04. The van der Waals surface area contributed by atoms with Crippen molar-refractivity contribution in [3.8, 4) is 5.75 Å². The first-order valence-corrected chi connectivity index (χ1v) is 10.1. The van der Waals surface area contributed by atoms with Crippen LogP contribution in [0.2, 0.25) is 0 Å². The number of sulfonamides is 1. The summed E-state index contributed by atoms with van der Waals surface area (Å²) in [4.78, 5) is 12.6. The van der Waals surface area contributed by atoms with Crippen LogP contribution in [0.1, 0.15) is 31.3 Å². The van der Waals surface area contributed by atoms with Gasteiger partial charge in [0.05, 0.1) is 12.0 Å². The third-order valence-electron chi connectivity index (χ3n) is 3.79. The van der Waals surface area contributed by atoms with E-state index in [-0.39, 0.29) is 10.7 Å². The quantitative estimate of drug-likeness (QED) is 0.677. The summed E-state index contributed by atoms with van der Waals surface area (Å²) in [5.41, 5.74) is 0.195. The normalized spacial score (nSPS) is 12.1. The first kappa shape index (κ1) is 19.9. The van der Waals surface area contributed by atoms with Crippen molar-refractivity contribution in [3.63, 3.8) is 0 Å². The van der Waals surface area contributed by atoms with Gasteiger partial charge in [0, 0.05) is 16.6 Å². The smallest absolute Gasteiger partial charge is 0.291 e. The Morgan fingerprint density at radius 1 is 1.07 bits per heavy atom. The Kier molecular flexibility index (Phi) is 5.18. The predicted octanol–water partition coefficient (Wildman–Crippen LogP) is 3.77. The molecule has 8 heteroatoms. The molecule has 1 heterocycles. The Bertz CT molecular complexity index is 1130. The van der Waals surface area contributed by atoms with Crippen molar-refractivity contribution < 1.29 is 22.4 Å². The minimum atomic E-state index is -3.71. The molecular formula is C20H22N2O5S. The predicted molar refractivity (Wildman–Crippen MR) is 107 cm³/mol. The molecule has 0 aliphatic heterocycles. The molecule has 0 saturated carbocycles. The van der Waals surface area contributed by atoms with Gasteiger partial charge >= 0.3 is 0 Å². The van der Waals surface area contributed by atoms with Crippen molar-refractivity contribution in [2.75, 3.05) is 12.4 Å². The van der Waals surface area contributed by atoms with E-state index in [9.17, 15) is 13.2 Å². The molecule has 0 radical (unpaired) electrons. The Balaban J connectivity index is 1.85. The Labute approximate surface area is 163 Å². The molecule has 0 spiro atoms. The lowest BCUT2D eigenvalue weighted by molar-refractivity contribution is 0.0998. The molecule has 0 fully saturated rings. The highest BCUT2D eigenvalue weighted by atomic mass is 32.2. The van der Waals surface area contributed by atoms with Crippen molar-refractivity contribution in [2.24, 2.45) is 0 Å². The van der Waals surface area contributed by atoms with Crippen LogP contribution in [0.25, 0.3) is 11.0 Å². The highest BCUT2D eigenvalue weighted by Gasteiger charge is 2.22. The van der Waals surface area contributed by atoms with E-state index in [1.165, 1.54) is 19.2 Å². The molecular weight excluding hydrogens is 380 g/mol. The molecule has 0 unspecified atom stereocenters. The minimum Gasteiger partial charge on any atom is -0.493 e. The van der Waals surface area contributed by atoms with Crippen LogP contribution in [-0.4, -0.2) is 27.0 Å². The third kappa shape index (κ3) is 4.35. The summed E-state index contributed by atoms with van der Waals surface area (Å²) < 4.78 is 38.4. The molecule has 3 aromatic rings. The van der Waals surface area contributed by atoms with Crippen molar-refractivity contribution in [3.05, 3.63) is 54.3 Å². The Morgan fingerprint density at radius 2 is 1.79 bits per heavy atom. The summed E-state index contributed by atoms with van der Waals surface area (Å²) in [5, 5.41) is 3.40. The SMILES string of the molecule is COc1cccc2cc(C(=O)Nc3cccc(S(=O)(=O)NC(C)(C)C)c3)oc12. The van der Waals surface area contributed by atoms with Gasteiger partial charge in [-0.25, -0.2) is 13.1 Å². The number of methoxy groups -OCH3 is 1. The summed E-state index contributed by atoms with van der Waals surface area (Å²) in [6.45, 7) is 5.27. The lowest BCUT2D eigenvalue weighted by Crippen LogP contribution is -2.40. The number of hydrogen-bond acceptors (Lipinski definition) is 5. The van der Waals surface area contributed by atoms with Crippen LogP contribution in [0.4, 0.5) is 5.69 Å². The zero-order valence-electron chi connectivity index (χ0n) is 16.1. The van der Waals surface area contributed by atoms with Gasteiger partial charge in [-0.05, 0) is 51.1 Å². The number of ether oxygens (including phenoxy) is 1. The second-order valence-electron chi connectivity index (χ2n) is 7.33. The number of carbonyl (C=O) groups excluding carboxylic acids is 1. The monoisotopic (exact) mass is 402 g/mol. The van der Waals surface area contributed by atoms with Gasteiger partial charge < -0.3 is 14.5 Å². The zero-order chi connectivity index (χ0) is 20.5. The average molecular weight is 402 g/mol. The third-order valence-corrected chi connectivity index (χ3v) is 5.55. The molecule has 2 aromatic carbocycles. The highest BCUT2D eigenvalue weighted by Crippen LogP contribution is 2.29. The van der Waals surface area contributed by atoms with Crippen LogP contribution in [0.3, 0.4) is 0 Å². The number of nitrogens with one attached hydrogen (secondary N) is 2. The van der Waals surface area contributed by atoms with Crippen LogP contribution in [-0.2, 0) is 10.0 Å². The summed E-state index contributed by atoms with van der Waals surface area (Å²) in [7, 11) is -2.19. The number of para-hydroxylation sites is 1.